The number of para-hydroxylation sites is 1. The number of hydrogen-bond donors (Lipinski definition) is 4. The predicted octanol–water partition coefficient (Wildman–Crippen LogP) is 0.466. The van der Waals surface area contributed by atoms with Gasteiger partial charge in [0.15, 0.2) is 28.4 Å². The lowest BCUT2D eigenvalue weighted by atomic mass is 10.1. The second kappa shape index (κ2) is 10.2. The zero-order chi connectivity index (χ0) is 23.3. The zero-order valence-corrected chi connectivity index (χ0v) is 18.4. The topological polar surface area (TPSA) is 169 Å². The molecule has 0 radical (unpaired) electrons. The maximum Gasteiger partial charge on any atom is 0.280 e. The Morgan fingerprint density at radius 2 is 1.84 bits per heavy atom. The van der Waals surface area contributed by atoms with Crippen LogP contribution in [0, 0.1) is 0 Å². The van der Waals surface area contributed by atoms with Crippen LogP contribution in [0.4, 0.5) is 17.3 Å². The van der Waals surface area contributed by atoms with Crippen LogP contribution < -0.4 is 27.4 Å². The van der Waals surface area contributed by atoms with Gasteiger partial charge in [0.2, 0.25) is 5.91 Å². The number of likely N-dealkylation sites (tertiary alicyclic amines) is 1. The molecule has 1 aliphatic rings. The Balaban J connectivity index is 1.50. The molecule has 0 spiro atoms. The number of nitrogens with zero attached hydrogens (tertiary/aromatic N) is 5. The molecule has 0 unspecified atom stereocenters. The average Bonchev–Trinajstić information content (AvgIpc) is 2.77. The Bertz CT molecular complexity index is 1010. The molecule has 0 atom stereocenters. The first-order valence-corrected chi connectivity index (χ1v) is 10.4. The van der Waals surface area contributed by atoms with Crippen molar-refractivity contribution in [1.29, 1.82) is 0 Å². The molecule has 2 heterocycles. The number of piperidine rings is 1. The number of halogens is 1. The number of rotatable bonds is 5. The summed E-state index contributed by atoms with van der Waals surface area (Å²) >= 11 is 5.80. The molecular weight excluding hydrogens is 434 g/mol. The lowest BCUT2D eigenvalue weighted by Crippen LogP contribution is -2.44. The van der Waals surface area contributed by atoms with Gasteiger partial charge in [-0.05, 0) is 25.0 Å². The van der Waals surface area contributed by atoms with E-state index in [2.05, 4.69) is 25.2 Å². The first-order chi connectivity index (χ1) is 15.2. The summed E-state index contributed by atoms with van der Waals surface area (Å²) in [5.41, 5.74) is 17.7. The number of aliphatic imine (C=N–C) groups is 1. The van der Waals surface area contributed by atoms with Gasteiger partial charge in [-0.15, -0.1) is 0 Å². The SMILES string of the molecule is CN(C(=O)CN1CCC(N=C(N)NC(=O)c2nc(Cl)c(N)nc2N)CC1)c1ccccc1. The quantitative estimate of drug-likeness (QED) is 0.369. The Labute approximate surface area is 190 Å². The maximum absolute atomic E-state index is 12.6. The molecule has 11 nitrogen and oxygen atoms in total. The van der Waals surface area contributed by atoms with Crippen molar-refractivity contribution in [3.63, 3.8) is 0 Å². The van der Waals surface area contributed by atoms with E-state index in [1.165, 1.54) is 0 Å². The van der Waals surface area contributed by atoms with Crippen LogP contribution in [0.1, 0.15) is 23.3 Å². The first-order valence-electron chi connectivity index (χ1n) is 10.0. The Kier molecular flexibility index (Phi) is 7.44. The molecule has 7 N–H and O–H groups in total. The van der Waals surface area contributed by atoms with Gasteiger partial charge in [-0.25, -0.2) is 15.0 Å². The number of anilines is 3. The molecule has 170 valence electrons. The minimum absolute atomic E-state index is 0.0192. The number of hydrogen-bond acceptors (Lipinski definition) is 8. The molecule has 32 heavy (non-hydrogen) atoms. The summed E-state index contributed by atoms with van der Waals surface area (Å²) in [5, 5.41) is 2.31. The van der Waals surface area contributed by atoms with Crippen molar-refractivity contribution in [1.82, 2.24) is 20.2 Å². The molecule has 3 rings (SSSR count). The molecule has 0 bridgehead atoms. The number of benzene rings is 1. The molecular formula is C20H26ClN9O2. The summed E-state index contributed by atoms with van der Waals surface area (Å²) in [6.07, 6.45) is 1.41. The minimum atomic E-state index is -0.676. The molecule has 2 aromatic rings. The Morgan fingerprint density at radius 3 is 2.50 bits per heavy atom. The number of guanidine groups is 1. The van der Waals surface area contributed by atoms with Gasteiger partial charge in [-0.1, -0.05) is 29.8 Å². The van der Waals surface area contributed by atoms with Crippen molar-refractivity contribution in [2.45, 2.75) is 18.9 Å². The summed E-state index contributed by atoms with van der Waals surface area (Å²) in [6, 6.07) is 9.42. The number of aromatic nitrogens is 2. The monoisotopic (exact) mass is 459 g/mol. The molecule has 0 saturated carbocycles. The molecule has 1 fully saturated rings. The average molecular weight is 460 g/mol. The van der Waals surface area contributed by atoms with E-state index >= 15 is 0 Å². The van der Waals surface area contributed by atoms with Gasteiger partial charge < -0.3 is 22.1 Å². The van der Waals surface area contributed by atoms with Gasteiger partial charge in [0.1, 0.15) is 0 Å². The van der Waals surface area contributed by atoms with Crippen molar-refractivity contribution in [3.05, 3.63) is 41.2 Å². The van der Waals surface area contributed by atoms with E-state index in [0.717, 1.165) is 5.69 Å². The number of carbonyl (C=O) groups is 2. The van der Waals surface area contributed by atoms with Crippen LogP contribution in [-0.2, 0) is 4.79 Å². The van der Waals surface area contributed by atoms with Crippen molar-refractivity contribution in [3.8, 4) is 0 Å². The summed E-state index contributed by atoms with van der Waals surface area (Å²) < 4.78 is 0. The smallest absolute Gasteiger partial charge is 0.280 e. The van der Waals surface area contributed by atoms with E-state index in [1.54, 1.807) is 11.9 Å². The van der Waals surface area contributed by atoms with Crippen LogP contribution in [0.25, 0.3) is 0 Å². The number of amides is 2. The van der Waals surface area contributed by atoms with Gasteiger partial charge in [0.05, 0.1) is 12.6 Å². The highest BCUT2D eigenvalue weighted by atomic mass is 35.5. The van der Waals surface area contributed by atoms with E-state index in [1.807, 2.05) is 30.3 Å². The highest BCUT2D eigenvalue weighted by Gasteiger charge is 2.23. The lowest BCUT2D eigenvalue weighted by molar-refractivity contribution is -0.119. The third-order valence-electron chi connectivity index (χ3n) is 5.12. The molecule has 0 aliphatic carbocycles. The van der Waals surface area contributed by atoms with Crippen molar-refractivity contribution >= 4 is 46.7 Å². The standard InChI is InChI=1S/C20H26ClN9O2/c1-29(13-5-3-2-4-6-13)14(31)11-30-9-7-12(8-10-30)25-20(24)28-19(32)15-17(22)27-18(23)16(21)26-15/h2-6,12H,7-11H2,1H3,(H4,22,23,27)(H3,24,25,28,32). The van der Waals surface area contributed by atoms with E-state index in [9.17, 15) is 9.59 Å². The van der Waals surface area contributed by atoms with E-state index in [-0.39, 0.29) is 40.4 Å². The zero-order valence-electron chi connectivity index (χ0n) is 17.7. The highest BCUT2D eigenvalue weighted by Crippen LogP contribution is 2.18. The fraction of sp³-hybridized carbons (Fsp3) is 0.350. The van der Waals surface area contributed by atoms with Gasteiger partial charge in [-0.3, -0.25) is 19.8 Å². The molecule has 12 heteroatoms. The Morgan fingerprint density at radius 1 is 1.19 bits per heavy atom. The maximum atomic E-state index is 12.6. The Hall–Kier alpha value is -3.44. The molecule has 1 aromatic heterocycles. The van der Waals surface area contributed by atoms with Crippen LogP contribution in [0.3, 0.4) is 0 Å². The number of nitrogens with one attached hydrogen (secondary N) is 1. The molecule has 1 saturated heterocycles. The number of nitrogens with two attached hydrogens (primary N) is 3. The van der Waals surface area contributed by atoms with E-state index in [4.69, 9.17) is 28.8 Å². The van der Waals surface area contributed by atoms with Gasteiger partial charge in [0, 0.05) is 25.8 Å². The van der Waals surface area contributed by atoms with Crippen molar-refractivity contribution < 1.29 is 9.59 Å². The minimum Gasteiger partial charge on any atom is -0.382 e. The summed E-state index contributed by atoms with van der Waals surface area (Å²) in [6.45, 7) is 1.70. The van der Waals surface area contributed by atoms with Gasteiger partial charge >= 0.3 is 0 Å². The van der Waals surface area contributed by atoms with Crippen LogP contribution in [0.15, 0.2) is 35.3 Å². The predicted molar refractivity (Wildman–Crippen MR) is 124 cm³/mol. The van der Waals surface area contributed by atoms with E-state index in [0.29, 0.717) is 32.5 Å². The van der Waals surface area contributed by atoms with Gasteiger partial charge in [0.25, 0.3) is 5.91 Å². The highest BCUT2D eigenvalue weighted by molar-refractivity contribution is 6.31. The molecule has 2 amide bonds. The summed E-state index contributed by atoms with van der Waals surface area (Å²) in [7, 11) is 1.77. The largest absolute Gasteiger partial charge is 0.382 e. The normalized spacial score (nSPS) is 15.4. The van der Waals surface area contributed by atoms with Crippen LogP contribution in [0.2, 0.25) is 5.15 Å². The fourth-order valence-corrected chi connectivity index (χ4v) is 3.44. The number of carbonyl (C=O) groups excluding carboxylic acids is 2. The third kappa shape index (κ3) is 5.83. The third-order valence-corrected chi connectivity index (χ3v) is 5.39. The second-order valence-corrected chi connectivity index (χ2v) is 7.76. The lowest BCUT2D eigenvalue weighted by Gasteiger charge is -2.31. The van der Waals surface area contributed by atoms with E-state index < -0.39 is 5.91 Å². The summed E-state index contributed by atoms with van der Waals surface area (Å²) in [4.78, 5) is 40.6. The van der Waals surface area contributed by atoms with Crippen molar-refractivity contribution in [2.24, 2.45) is 10.7 Å². The fourth-order valence-electron chi connectivity index (χ4n) is 3.31. The van der Waals surface area contributed by atoms with Crippen LogP contribution >= 0.6 is 11.6 Å². The molecule has 1 aliphatic heterocycles. The second-order valence-electron chi connectivity index (χ2n) is 7.40. The van der Waals surface area contributed by atoms with Crippen LogP contribution in [-0.4, -0.2) is 65.4 Å². The number of likely N-dealkylation sites (N-methyl/N-ethyl adjacent to an activating group) is 1. The van der Waals surface area contributed by atoms with Crippen LogP contribution in [0.5, 0.6) is 0 Å². The summed E-state index contributed by atoms with van der Waals surface area (Å²) in [5.74, 6) is -0.934. The molecule has 1 aromatic carbocycles. The number of nitrogen functional groups attached to an aromatic ring is 2. The van der Waals surface area contributed by atoms with Gasteiger partial charge in [-0.2, -0.15) is 0 Å². The first kappa shape index (κ1) is 23.2. The van der Waals surface area contributed by atoms with Crippen molar-refractivity contribution in [2.75, 3.05) is 43.0 Å².